The van der Waals surface area contributed by atoms with Gasteiger partial charge in [0.15, 0.2) is 5.96 Å². The molecule has 0 aliphatic carbocycles. The highest BCUT2D eigenvalue weighted by atomic mass is 79.9. The second-order valence-electron chi connectivity index (χ2n) is 6.48. The van der Waals surface area contributed by atoms with Crippen molar-refractivity contribution in [2.75, 3.05) is 29.9 Å². The van der Waals surface area contributed by atoms with Gasteiger partial charge in [0, 0.05) is 35.5 Å². The van der Waals surface area contributed by atoms with Gasteiger partial charge in [0.2, 0.25) is 0 Å². The largest absolute Gasteiger partial charge is 0.371 e. The molecule has 132 valence electrons. The van der Waals surface area contributed by atoms with Crippen LogP contribution in [0.15, 0.2) is 58.0 Å². The van der Waals surface area contributed by atoms with Crippen LogP contribution in [0.25, 0.3) is 0 Å². The fourth-order valence-corrected chi connectivity index (χ4v) is 3.42. The molecule has 0 aromatic heterocycles. The molecule has 4 nitrogen and oxygen atoms in total. The molecule has 2 aromatic carbocycles. The Morgan fingerprint density at radius 3 is 2.84 bits per heavy atom. The van der Waals surface area contributed by atoms with E-state index in [0.717, 1.165) is 42.6 Å². The quantitative estimate of drug-likeness (QED) is 0.581. The Morgan fingerprint density at radius 1 is 1.28 bits per heavy atom. The topological polar surface area (TPSA) is 53.6 Å². The van der Waals surface area contributed by atoms with Crippen molar-refractivity contribution in [2.45, 2.75) is 19.8 Å². The van der Waals surface area contributed by atoms with E-state index in [1.807, 2.05) is 12.1 Å². The molecule has 0 radical (unpaired) electrons. The normalized spacial score (nSPS) is 17.8. The Morgan fingerprint density at radius 2 is 2.08 bits per heavy atom. The maximum Gasteiger partial charge on any atom is 0.193 e. The predicted molar refractivity (Wildman–Crippen MR) is 110 cm³/mol. The molecule has 5 heteroatoms. The first kappa shape index (κ1) is 17.8. The van der Waals surface area contributed by atoms with Gasteiger partial charge in [-0.25, -0.2) is 0 Å². The van der Waals surface area contributed by atoms with Crippen LogP contribution in [0.2, 0.25) is 0 Å². The Kier molecular flexibility index (Phi) is 5.97. The highest BCUT2D eigenvalue weighted by Gasteiger charge is 2.22. The molecule has 0 spiro atoms. The van der Waals surface area contributed by atoms with E-state index in [4.69, 9.17) is 5.73 Å². The molecule has 1 aliphatic heterocycles. The van der Waals surface area contributed by atoms with E-state index in [1.54, 1.807) is 0 Å². The average Bonchev–Trinajstić information content (AvgIpc) is 3.10. The van der Waals surface area contributed by atoms with E-state index >= 15 is 0 Å². The lowest BCUT2D eigenvalue weighted by Crippen LogP contribution is -2.25. The smallest absolute Gasteiger partial charge is 0.193 e. The molecule has 1 atom stereocenters. The molecule has 1 heterocycles. The van der Waals surface area contributed by atoms with Crippen molar-refractivity contribution in [2.24, 2.45) is 16.6 Å². The molecular weight excluding hydrogens is 376 g/mol. The number of guanidine groups is 1. The Balaban J connectivity index is 1.52. The lowest BCUT2D eigenvalue weighted by molar-refractivity contribution is 0.603. The molecular formula is C20H25BrN4. The fraction of sp³-hybridized carbons (Fsp3) is 0.350. The summed E-state index contributed by atoms with van der Waals surface area (Å²) in [6.07, 6.45) is 2.17. The number of aliphatic imine (C=N–C) groups is 1. The summed E-state index contributed by atoms with van der Waals surface area (Å²) < 4.78 is 1.11. The maximum atomic E-state index is 6.06. The molecule has 1 fully saturated rings. The summed E-state index contributed by atoms with van der Waals surface area (Å²) in [5.41, 5.74) is 9.63. The molecule has 0 bridgehead atoms. The Bertz CT molecular complexity index is 727. The summed E-state index contributed by atoms with van der Waals surface area (Å²) >= 11 is 3.49. The zero-order valence-corrected chi connectivity index (χ0v) is 16.2. The van der Waals surface area contributed by atoms with Gasteiger partial charge in [0.05, 0.1) is 0 Å². The molecule has 25 heavy (non-hydrogen) atoms. The first-order valence-electron chi connectivity index (χ1n) is 8.80. The molecule has 3 rings (SSSR count). The summed E-state index contributed by atoms with van der Waals surface area (Å²) in [5.74, 6) is 1.04. The van der Waals surface area contributed by atoms with Crippen molar-refractivity contribution in [1.82, 2.24) is 0 Å². The minimum absolute atomic E-state index is 0.496. The lowest BCUT2D eigenvalue weighted by atomic mass is 10.1. The summed E-state index contributed by atoms with van der Waals surface area (Å²) in [5, 5.41) is 3.20. The van der Waals surface area contributed by atoms with Crippen LogP contribution in [-0.4, -0.2) is 25.6 Å². The van der Waals surface area contributed by atoms with Crippen molar-refractivity contribution in [3.05, 3.63) is 58.6 Å². The van der Waals surface area contributed by atoms with Crippen molar-refractivity contribution in [3.63, 3.8) is 0 Å². The van der Waals surface area contributed by atoms with Crippen LogP contribution in [0.5, 0.6) is 0 Å². The van der Waals surface area contributed by atoms with Gasteiger partial charge in [-0.3, -0.25) is 4.99 Å². The monoisotopic (exact) mass is 400 g/mol. The van der Waals surface area contributed by atoms with Gasteiger partial charge in [-0.2, -0.15) is 0 Å². The van der Waals surface area contributed by atoms with Crippen molar-refractivity contribution in [3.8, 4) is 0 Å². The number of nitrogens with one attached hydrogen (secondary N) is 1. The van der Waals surface area contributed by atoms with Gasteiger partial charge in [-0.05, 0) is 60.7 Å². The molecule has 1 aliphatic rings. The zero-order valence-electron chi connectivity index (χ0n) is 14.6. The number of nitrogens with two attached hydrogens (primary N) is 1. The second kappa shape index (κ2) is 8.39. The fourth-order valence-electron chi connectivity index (χ4n) is 3.15. The van der Waals surface area contributed by atoms with Crippen LogP contribution in [0.4, 0.5) is 11.4 Å². The van der Waals surface area contributed by atoms with Crippen molar-refractivity contribution in [1.29, 1.82) is 0 Å². The summed E-state index contributed by atoms with van der Waals surface area (Å²) in [4.78, 5) is 6.97. The van der Waals surface area contributed by atoms with Gasteiger partial charge in [-0.15, -0.1) is 0 Å². The van der Waals surface area contributed by atoms with Crippen molar-refractivity contribution < 1.29 is 0 Å². The van der Waals surface area contributed by atoms with Gasteiger partial charge in [0.25, 0.3) is 0 Å². The van der Waals surface area contributed by atoms with Gasteiger partial charge in [-0.1, -0.05) is 35.0 Å². The van der Waals surface area contributed by atoms with E-state index < -0.39 is 0 Å². The first-order valence-corrected chi connectivity index (χ1v) is 9.59. The first-order chi connectivity index (χ1) is 12.1. The van der Waals surface area contributed by atoms with Crippen LogP contribution in [0, 0.1) is 5.92 Å². The third kappa shape index (κ3) is 4.98. The van der Waals surface area contributed by atoms with Crippen LogP contribution in [0.3, 0.4) is 0 Å². The third-order valence-corrected chi connectivity index (χ3v) is 5.13. The van der Waals surface area contributed by atoms with E-state index in [1.165, 1.54) is 11.3 Å². The van der Waals surface area contributed by atoms with Crippen molar-refractivity contribution >= 4 is 33.3 Å². The van der Waals surface area contributed by atoms with E-state index in [2.05, 4.69) is 74.5 Å². The number of nitrogens with zero attached hydrogens (tertiary/aromatic N) is 2. The SMILES string of the molecule is CCc1cccc(NC(N)=NCC2CCN(c3ccc(Br)cc3)C2)c1. The number of halogens is 1. The predicted octanol–water partition coefficient (Wildman–Crippen LogP) is 4.26. The van der Waals surface area contributed by atoms with Gasteiger partial charge >= 0.3 is 0 Å². The van der Waals surface area contributed by atoms with Crippen LogP contribution < -0.4 is 16.0 Å². The summed E-state index contributed by atoms with van der Waals surface area (Å²) in [6.45, 7) is 5.02. The minimum atomic E-state index is 0.496. The minimum Gasteiger partial charge on any atom is -0.371 e. The Labute approximate surface area is 158 Å². The number of hydrogen-bond donors (Lipinski definition) is 2. The lowest BCUT2D eigenvalue weighted by Gasteiger charge is -2.18. The van der Waals surface area contributed by atoms with E-state index in [0.29, 0.717) is 11.9 Å². The molecule has 0 saturated carbocycles. The number of benzene rings is 2. The van der Waals surface area contributed by atoms with Crippen LogP contribution in [-0.2, 0) is 6.42 Å². The van der Waals surface area contributed by atoms with Gasteiger partial charge < -0.3 is 16.0 Å². The summed E-state index contributed by atoms with van der Waals surface area (Å²) in [7, 11) is 0. The standard InChI is InChI=1S/C20H25BrN4/c1-2-15-4-3-5-18(12-15)24-20(22)23-13-16-10-11-25(14-16)19-8-6-17(21)7-9-19/h3-9,12,16H,2,10-11,13-14H2,1H3,(H3,22,23,24). The maximum absolute atomic E-state index is 6.06. The molecule has 0 amide bonds. The third-order valence-electron chi connectivity index (χ3n) is 4.61. The average molecular weight is 401 g/mol. The number of aryl methyl sites for hydroxylation is 1. The number of hydrogen-bond acceptors (Lipinski definition) is 2. The second-order valence-corrected chi connectivity index (χ2v) is 7.40. The van der Waals surface area contributed by atoms with Crippen LogP contribution >= 0.6 is 15.9 Å². The summed E-state index contributed by atoms with van der Waals surface area (Å²) in [6, 6.07) is 16.8. The molecule has 1 saturated heterocycles. The van der Waals surface area contributed by atoms with E-state index in [-0.39, 0.29) is 0 Å². The molecule has 2 aromatic rings. The zero-order chi connectivity index (χ0) is 17.6. The number of rotatable bonds is 5. The Hall–Kier alpha value is -2.01. The molecule has 3 N–H and O–H groups in total. The van der Waals surface area contributed by atoms with E-state index in [9.17, 15) is 0 Å². The highest BCUT2D eigenvalue weighted by Crippen LogP contribution is 2.25. The van der Waals surface area contributed by atoms with Gasteiger partial charge in [0.1, 0.15) is 0 Å². The highest BCUT2D eigenvalue weighted by molar-refractivity contribution is 9.10. The number of anilines is 2. The van der Waals surface area contributed by atoms with Crippen LogP contribution in [0.1, 0.15) is 18.9 Å². The molecule has 1 unspecified atom stereocenters.